The van der Waals surface area contributed by atoms with E-state index in [0.29, 0.717) is 6.04 Å². The monoisotopic (exact) mass is 334 g/mol. The summed E-state index contributed by atoms with van der Waals surface area (Å²) in [5, 5.41) is 16.9. The lowest BCUT2D eigenvalue weighted by atomic mass is 9.90. The van der Waals surface area contributed by atoms with Gasteiger partial charge in [0.25, 0.3) is 0 Å². The van der Waals surface area contributed by atoms with E-state index in [1.165, 1.54) is 0 Å². The molecule has 1 atom stereocenters. The van der Waals surface area contributed by atoms with Crippen molar-refractivity contribution in [2.75, 3.05) is 7.05 Å². The molecule has 0 fully saturated rings. The molecule has 124 valence electrons. The third-order valence-corrected chi connectivity index (χ3v) is 5.21. The largest absolute Gasteiger partial charge is 0.476 e. The zero-order chi connectivity index (χ0) is 16.4. The van der Waals surface area contributed by atoms with Crippen molar-refractivity contribution in [2.45, 2.75) is 51.7 Å². The molecule has 0 aliphatic heterocycles. The molecule has 0 saturated carbocycles. The first-order chi connectivity index (χ1) is 11.1. The van der Waals surface area contributed by atoms with Crippen molar-refractivity contribution < 1.29 is 9.90 Å². The molecular formula is C16H22N4O2S. The topological polar surface area (TPSA) is 71.2 Å². The molecule has 0 saturated heterocycles. The Labute approximate surface area is 139 Å². The number of fused-ring (bicyclic) bond motifs is 1. The van der Waals surface area contributed by atoms with Crippen molar-refractivity contribution in [1.29, 1.82) is 0 Å². The number of carbonyl (C=O) groups is 1. The lowest BCUT2D eigenvalue weighted by molar-refractivity contribution is 0.0687. The first-order valence-corrected chi connectivity index (χ1v) is 8.88. The average Bonchev–Trinajstić information content (AvgIpc) is 3.15. The molecule has 0 radical (unpaired) electrons. The van der Waals surface area contributed by atoms with Crippen LogP contribution in [-0.4, -0.2) is 43.8 Å². The quantitative estimate of drug-likeness (QED) is 0.878. The molecule has 2 aromatic rings. The van der Waals surface area contributed by atoms with Gasteiger partial charge in [0, 0.05) is 35.4 Å². The first-order valence-electron chi connectivity index (χ1n) is 8.00. The number of hydrogen-bond acceptors (Lipinski definition) is 5. The zero-order valence-electron chi connectivity index (χ0n) is 13.5. The number of hydrogen-bond donors (Lipinski definition) is 1. The second-order valence-corrected chi connectivity index (χ2v) is 7.02. The molecule has 1 N–H and O–H groups in total. The maximum atomic E-state index is 11.5. The van der Waals surface area contributed by atoms with Crippen LogP contribution < -0.4 is 0 Å². The Morgan fingerprint density at radius 1 is 1.57 bits per heavy atom. The maximum absolute atomic E-state index is 11.5. The minimum Gasteiger partial charge on any atom is -0.476 e. The predicted molar refractivity (Wildman–Crippen MR) is 88.9 cm³/mol. The molecule has 0 bridgehead atoms. The minimum atomic E-state index is -0.917. The lowest BCUT2D eigenvalue weighted by Crippen LogP contribution is -2.36. The average molecular weight is 334 g/mol. The van der Waals surface area contributed by atoms with Crippen LogP contribution in [0, 0.1) is 0 Å². The van der Waals surface area contributed by atoms with Crippen molar-refractivity contribution in [3.8, 4) is 0 Å². The van der Waals surface area contributed by atoms with Gasteiger partial charge in [0.15, 0.2) is 5.69 Å². The number of aromatic nitrogens is 3. The van der Waals surface area contributed by atoms with Crippen molar-refractivity contribution >= 4 is 17.3 Å². The van der Waals surface area contributed by atoms with E-state index in [-0.39, 0.29) is 5.69 Å². The first kappa shape index (κ1) is 16.1. The molecule has 1 aliphatic carbocycles. The fourth-order valence-electron chi connectivity index (χ4n) is 3.29. The molecule has 23 heavy (non-hydrogen) atoms. The van der Waals surface area contributed by atoms with E-state index in [0.717, 1.165) is 55.0 Å². The number of carboxylic acid groups (broad SMARTS) is 1. The number of aromatic carboxylic acids is 1. The summed E-state index contributed by atoms with van der Waals surface area (Å²) in [4.78, 5) is 18.1. The van der Waals surface area contributed by atoms with Gasteiger partial charge in [-0.25, -0.2) is 9.78 Å². The van der Waals surface area contributed by atoms with E-state index in [2.05, 4.69) is 29.0 Å². The van der Waals surface area contributed by atoms with Crippen molar-refractivity contribution in [3.05, 3.63) is 33.5 Å². The number of nitrogens with zero attached hydrogens (tertiary/aromatic N) is 4. The van der Waals surface area contributed by atoms with Crippen molar-refractivity contribution in [2.24, 2.45) is 0 Å². The van der Waals surface area contributed by atoms with Gasteiger partial charge < -0.3 is 5.11 Å². The number of thiazole rings is 1. The van der Waals surface area contributed by atoms with E-state index in [1.807, 2.05) is 16.3 Å². The van der Waals surface area contributed by atoms with Crippen LogP contribution in [0.15, 0.2) is 11.6 Å². The summed E-state index contributed by atoms with van der Waals surface area (Å²) in [6, 6.07) is 0.337. The van der Waals surface area contributed by atoms with Crippen LogP contribution in [0.25, 0.3) is 0 Å². The van der Waals surface area contributed by atoms with Gasteiger partial charge in [-0.15, -0.1) is 11.3 Å². The van der Waals surface area contributed by atoms with Gasteiger partial charge in [0.1, 0.15) is 5.01 Å². The van der Waals surface area contributed by atoms with E-state index in [1.54, 1.807) is 11.3 Å². The van der Waals surface area contributed by atoms with E-state index >= 15 is 0 Å². The highest BCUT2D eigenvalue weighted by Gasteiger charge is 2.30. The fourth-order valence-corrected chi connectivity index (χ4v) is 3.97. The van der Waals surface area contributed by atoms with Gasteiger partial charge in [-0.2, -0.15) is 5.10 Å². The second kappa shape index (κ2) is 6.80. The molecular weight excluding hydrogens is 312 g/mol. The summed E-state index contributed by atoms with van der Waals surface area (Å²) < 4.78 is 1.90. The van der Waals surface area contributed by atoms with Crippen molar-refractivity contribution in [3.63, 3.8) is 0 Å². The van der Waals surface area contributed by atoms with E-state index in [4.69, 9.17) is 0 Å². The lowest BCUT2D eigenvalue weighted by Gasteiger charge is -2.31. The third kappa shape index (κ3) is 3.30. The summed E-state index contributed by atoms with van der Waals surface area (Å²) >= 11 is 1.66. The molecule has 0 unspecified atom stereocenters. The van der Waals surface area contributed by atoms with Crippen LogP contribution >= 0.6 is 11.3 Å². The molecule has 6 nitrogen and oxygen atoms in total. The number of likely N-dealkylation sites (N-methyl/N-ethyl adjacent to an activating group) is 1. The predicted octanol–water partition coefficient (Wildman–Crippen LogP) is 2.44. The summed E-state index contributed by atoms with van der Waals surface area (Å²) in [6.07, 6.45) is 5.46. The van der Waals surface area contributed by atoms with Crippen LogP contribution in [0.1, 0.15) is 46.5 Å². The van der Waals surface area contributed by atoms with Crippen LogP contribution in [0.5, 0.6) is 0 Å². The maximum Gasteiger partial charge on any atom is 0.356 e. The summed E-state index contributed by atoms with van der Waals surface area (Å²) in [7, 11) is 2.09. The number of rotatable bonds is 6. The molecule has 1 aliphatic rings. The minimum absolute atomic E-state index is 0.237. The fraction of sp³-hybridized carbons (Fsp3) is 0.562. The Kier molecular flexibility index (Phi) is 4.77. The molecule has 2 aromatic heterocycles. The highest BCUT2D eigenvalue weighted by atomic mass is 32.1. The SMILES string of the molecule is CCCn1nc(C(=O)O)c2c1CC[C@H](N(C)Cc1nccs1)C2. The molecule has 2 heterocycles. The highest BCUT2D eigenvalue weighted by molar-refractivity contribution is 7.09. The molecule has 0 amide bonds. The van der Waals surface area contributed by atoms with Crippen molar-refractivity contribution in [1.82, 2.24) is 19.7 Å². The van der Waals surface area contributed by atoms with E-state index in [9.17, 15) is 9.90 Å². The van der Waals surface area contributed by atoms with Gasteiger partial charge in [-0.3, -0.25) is 9.58 Å². The van der Waals surface area contributed by atoms with Gasteiger partial charge in [-0.1, -0.05) is 6.92 Å². The molecule has 0 spiro atoms. The Morgan fingerprint density at radius 3 is 3.04 bits per heavy atom. The Morgan fingerprint density at radius 2 is 2.39 bits per heavy atom. The number of aryl methyl sites for hydroxylation is 1. The Bertz CT molecular complexity index is 681. The Hall–Kier alpha value is -1.73. The third-order valence-electron chi connectivity index (χ3n) is 4.45. The zero-order valence-corrected chi connectivity index (χ0v) is 14.3. The second-order valence-electron chi connectivity index (χ2n) is 6.04. The van der Waals surface area contributed by atoms with Crippen LogP contribution in [0.4, 0.5) is 0 Å². The smallest absolute Gasteiger partial charge is 0.356 e. The Balaban J connectivity index is 1.80. The van der Waals surface area contributed by atoms with Crippen LogP contribution in [0.2, 0.25) is 0 Å². The molecule has 3 rings (SSSR count). The summed E-state index contributed by atoms with van der Waals surface area (Å²) in [5.74, 6) is -0.917. The van der Waals surface area contributed by atoms with Gasteiger partial charge in [0.05, 0.1) is 6.54 Å². The normalized spacial score (nSPS) is 17.4. The molecule has 0 aromatic carbocycles. The standard InChI is InChI=1S/C16H22N4O2S/c1-3-7-20-13-5-4-11(9-12(13)15(18-20)16(21)22)19(2)10-14-17-6-8-23-14/h6,8,11H,3-5,7,9-10H2,1-2H3,(H,21,22)/t11-/m0/s1. The van der Waals surface area contributed by atoms with Gasteiger partial charge >= 0.3 is 5.97 Å². The highest BCUT2D eigenvalue weighted by Crippen LogP contribution is 2.28. The number of carboxylic acids is 1. The van der Waals surface area contributed by atoms with Crippen LogP contribution in [0.3, 0.4) is 0 Å². The van der Waals surface area contributed by atoms with E-state index < -0.39 is 5.97 Å². The van der Waals surface area contributed by atoms with Gasteiger partial charge in [-0.05, 0) is 32.7 Å². The summed E-state index contributed by atoms with van der Waals surface area (Å²) in [5.41, 5.74) is 2.28. The summed E-state index contributed by atoms with van der Waals surface area (Å²) in [6.45, 7) is 3.68. The molecule has 7 heteroatoms. The van der Waals surface area contributed by atoms with Gasteiger partial charge in [0.2, 0.25) is 0 Å². The van der Waals surface area contributed by atoms with Crippen LogP contribution in [-0.2, 0) is 25.9 Å².